The third kappa shape index (κ3) is 3.66. The molecule has 1 aromatic carbocycles. The molecule has 1 aliphatic carbocycles. The molecule has 0 bridgehead atoms. The highest BCUT2D eigenvalue weighted by Crippen LogP contribution is 2.33. The predicted molar refractivity (Wildman–Crippen MR) is 98.9 cm³/mol. The van der Waals surface area contributed by atoms with Gasteiger partial charge in [0.1, 0.15) is 12.1 Å². The molecule has 3 N–H and O–H groups in total. The summed E-state index contributed by atoms with van der Waals surface area (Å²) >= 11 is 0. The molecule has 0 aliphatic heterocycles. The van der Waals surface area contributed by atoms with Crippen molar-refractivity contribution in [3.63, 3.8) is 0 Å². The van der Waals surface area contributed by atoms with E-state index < -0.39 is 0 Å². The van der Waals surface area contributed by atoms with Crippen molar-refractivity contribution in [1.82, 2.24) is 5.32 Å². The summed E-state index contributed by atoms with van der Waals surface area (Å²) in [7, 11) is 1.64. The van der Waals surface area contributed by atoms with Gasteiger partial charge in [-0.25, -0.2) is 4.99 Å². The molecule has 6 heteroatoms. The zero-order valence-corrected chi connectivity index (χ0v) is 15.0. The summed E-state index contributed by atoms with van der Waals surface area (Å²) in [4.78, 5) is 4.37. The fourth-order valence-electron chi connectivity index (χ4n) is 2.88. The Bertz CT molecular complexity index is 648. The van der Waals surface area contributed by atoms with Crippen LogP contribution in [-0.4, -0.2) is 19.1 Å². The van der Waals surface area contributed by atoms with Gasteiger partial charge < -0.3 is 20.2 Å². The number of halogens is 1. The Morgan fingerprint density at radius 3 is 2.82 bits per heavy atom. The molecule has 22 heavy (non-hydrogen) atoms. The van der Waals surface area contributed by atoms with Crippen LogP contribution < -0.4 is 15.8 Å². The fraction of sp³-hybridized carbons (Fsp3) is 0.438. The van der Waals surface area contributed by atoms with Crippen molar-refractivity contribution in [2.75, 3.05) is 7.11 Å². The number of hydrogen-bond donors (Lipinski definition) is 2. The van der Waals surface area contributed by atoms with Crippen molar-refractivity contribution < 1.29 is 9.15 Å². The van der Waals surface area contributed by atoms with Crippen LogP contribution in [0.15, 0.2) is 33.7 Å². The number of benzene rings is 1. The average molecular weight is 415 g/mol. The van der Waals surface area contributed by atoms with Crippen LogP contribution in [0.3, 0.4) is 0 Å². The number of aliphatic imine (C=N–C) groups is 1. The molecule has 1 fully saturated rings. The number of nitrogens with one attached hydrogen (secondary N) is 1. The Morgan fingerprint density at radius 1 is 1.36 bits per heavy atom. The highest BCUT2D eigenvalue weighted by Gasteiger charge is 2.16. The van der Waals surface area contributed by atoms with E-state index in [-0.39, 0.29) is 24.0 Å². The van der Waals surface area contributed by atoms with Gasteiger partial charge in [0.05, 0.1) is 12.5 Å². The molecule has 0 amide bonds. The summed E-state index contributed by atoms with van der Waals surface area (Å²) in [5.41, 5.74) is 6.75. The van der Waals surface area contributed by atoms with Gasteiger partial charge in [-0.2, -0.15) is 0 Å². The summed E-state index contributed by atoms with van der Waals surface area (Å²) in [6, 6.07) is 8.26. The average Bonchev–Trinajstić information content (AvgIpc) is 3.11. The van der Waals surface area contributed by atoms with Crippen molar-refractivity contribution in [1.29, 1.82) is 0 Å². The van der Waals surface area contributed by atoms with Crippen LogP contribution in [0, 0.1) is 0 Å². The van der Waals surface area contributed by atoms with Crippen LogP contribution in [0.1, 0.15) is 31.4 Å². The van der Waals surface area contributed by atoms with E-state index in [2.05, 4.69) is 10.3 Å². The molecule has 1 heterocycles. The van der Waals surface area contributed by atoms with E-state index in [4.69, 9.17) is 14.9 Å². The van der Waals surface area contributed by atoms with E-state index in [1.54, 1.807) is 7.11 Å². The number of guanidine groups is 1. The largest absolute Gasteiger partial charge is 0.492 e. The number of fused-ring (bicyclic) bond motifs is 1. The first-order valence-electron chi connectivity index (χ1n) is 7.39. The molecule has 0 atom stereocenters. The van der Waals surface area contributed by atoms with Crippen LogP contribution in [0.5, 0.6) is 5.75 Å². The number of nitrogens with two attached hydrogens (primary N) is 1. The predicted octanol–water partition coefficient (Wildman–Crippen LogP) is 3.41. The maximum atomic E-state index is 5.94. The second-order valence-corrected chi connectivity index (χ2v) is 5.38. The highest BCUT2D eigenvalue weighted by molar-refractivity contribution is 14.0. The number of para-hydroxylation sites is 1. The number of methoxy groups -OCH3 is 1. The van der Waals surface area contributed by atoms with Crippen LogP contribution in [0.2, 0.25) is 0 Å². The first-order valence-corrected chi connectivity index (χ1v) is 7.39. The van der Waals surface area contributed by atoms with Gasteiger partial charge in [0.2, 0.25) is 0 Å². The molecule has 3 rings (SSSR count). The van der Waals surface area contributed by atoms with Crippen LogP contribution in [0.25, 0.3) is 11.0 Å². The smallest absolute Gasteiger partial charge is 0.189 e. The Hall–Kier alpha value is -1.44. The van der Waals surface area contributed by atoms with Crippen molar-refractivity contribution in [3.05, 3.63) is 30.0 Å². The number of rotatable bonds is 4. The van der Waals surface area contributed by atoms with Gasteiger partial charge in [-0.1, -0.05) is 25.0 Å². The molecular weight excluding hydrogens is 393 g/mol. The lowest BCUT2D eigenvalue weighted by molar-refractivity contribution is 0.397. The topological polar surface area (TPSA) is 72.8 Å². The molecule has 1 aromatic heterocycles. The van der Waals surface area contributed by atoms with Crippen molar-refractivity contribution in [2.45, 2.75) is 38.3 Å². The zero-order chi connectivity index (χ0) is 14.7. The van der Waals surface area contributed by atoms with Crippen LogP contribution >= 0.6 is 24.0 Å². The van der Waals surface area contributed by atoms with E-state index in [0.717, 1.165) is 16.7 Å². The Balaban J connectivity index is 0.00000176. The molecule has 1 aliphatic rings. The third-order valence-electron chi connectivity index (χ3n) is 3.92. The lowest BCUT2D eigenvalue weighted by Crippen LogP contribution is -2.38. The maximum Gasteiger partial charge on any atom is 0.189 e. The van der Waals surface area contributed by atoms with Gasteiger partial charge in [0.15, 0.2) is 17.5 Å². The first-order chi connectivity index (χ1) is 10.3. The van der Waals surface area contributed by atoms with E-state index in [1.807, 2.05) is 24.3 Å². The minimum absolute atomic E-state index is 0. The lowest BCUT2D eigenvalue weighted by Gasteiger charge is -2.11. The second-order valence-electron chi connectivity index (χ2n) is 5.38. The van der Waals surface area contributed by atoms with Gasteiger partial charge in [0, 0.05) is 6.04 Å². The minimum atomic E-state index is 0. The highest BCUT2D eigenvalue weighted by atomic mass is 127. The van der Waals surface area contributed by atoms with Gasteiger partial charge in [0.25, 0.3) is 0 Å². The second kappa shape index (κ2) is 7.71. The summed E-state index contributed by atoms with van der Waals surface area (Å²) in [5.74, 6) is 1.92. The number of ether oxygens (including phenoxy) is 1. The van der Waals surface area contributed by atoms with E-state index in [0.29, 0.717) is 24.3 Å². The van der Waals surface area contributed by atoms with Gasteiger partial charge in [-0.05, 0) is 25.0 Å². The SMILES string of the molecule is COc1c(CN=C(N)NC2CCCC2)oc2ccccc12.I. The normalized spacial score (nSPS) is 15.8. The van der Waals surface area contributed by atoms with Gasteiger partial charge in [-0.3, -0.25) is 0 Å². The summed E-state index contributed by atoms with van der Waals surface area (Å²) < 4.78 is 11.2. The first kappa shape index (κ1) is 16.9. The fourth-order valence-corrected chi connectivity index (χ4v) is 2.88. The van der Waals surface area contributed by atoms with Crippen molar-refractivity contribution in [3.8, 4) is 5.75 Å². The van der Waals surface area contributed by atoms with E-state index >= 15 is 0 Å². The number of furan rings is 1. The Morgan fingerprint density at radius 2 is 2.09 bits per heavy atom. The summed E-state index contributed by atoms with van der Waals surface area (Å²) in [6.45, 7) is 0.378. The van der Waals surface area contributed by atoms with Crippen LogP contribution in [0.4, 0.5) is 0 Å². The third-order valence-corrected chi connectivity index (χ3v) is 3.92. The lowest BCUT2D eigenvalue weighted by atomic mass is 10.2. The molecule has 2 aromatic rings. The monoisotopic (exact) mass is 415 g/mol. The molecule has 0 spiro atoms. The maximum absolute atomic E-state index is 5.94. The molecule has 120 valence electrons. The number of nitrogens with zero attached hydrogens (tertiary/aromatic N) is 1. The zero-order valence-electron chi connectivity index (χ0n) is 12.7. The Kier molecular flexibility index (Phi) is 5.93. The van der Waals surface area contributed by atoms with Crippen molar-refractivity contribution in [2.24, 2.45) is 10.7 Å². The standard InChI is InChI=1S/C16H21N3O2.HI/c1-20-15-12-8-4-5-9-13(12)21-14(15)10-18-16(17)19-11-6-2-3-7-11;/h4-5,8-9,11H,2-3,6-7,10H2,1H3,(H3,17,18,19);1H. The van der Waals surface area contributed by atoms with Gasteiger partial charge in [-0.15, -0.1) is 24.0 Å². The van der Waals surface area contributed by atoms with Gasteiger partial charge >= 0.3 is 0 Å². The summed E-state index contributed by atoms with van der Waals surface area (Å²) in [5, 5.41) is 4.23. The molecular formula is C16H22IN3O2. The molecule has 0 saturated heterocycles. The Labute approximate surface area is 147 Å². The van der Waals surface area contributed by atoms with Crippen molar-refractivity contribution >= 4 is 40.9 Å². The quantitative estimate of drug-likeness (QED) is 0.456. The number of hydrogen-bond acceptors (Lipinski definition) is 3. The molecule has 0 unspecified atom stereocenters. The van der Waals surface area contributed by atoms with E-state index in [9.17, 15) is 0 Å². The van der Waals surface area contributed by atoms with Crippen LogP contribution in [-0.2, 0) is 6.54 Å². The van der Waals surface area contributed by atoms with E-state index in [1.165, 1.54) is 25.7 Å². The minimum Gasteiger partial charge on any atom is -0.492 e. The molecule has 5 nitrogen and oxygen atoms in total. The summed E-state index contributed by atoms with van der Waals surface area (Å²) in [6.07, 6.45) is 4.87. The molecule has 0 radical (unpaired) electrons. The molecule has 1 saturated carbocycles.